The standard InChI is InChI=1S/C27H36O8/c1-16(2)27(28)35-15-20-19(10-17-8-9-21(29-3)22(11-17)30-4)14-34-25(20)18-12-23(31-5)26(33-7)24(13-18)32-6/h8-9,11-13,16,19-20,25H,10,14-15H2,1-7H3/t19-,20-,25?/m0/s1. The zero-order valence-electron chi connectivity index (χ0n) is 21.6. The average Bonchev–Trinajstić information content (AvgIpc) is 3.27. The molecule has 192 valence electrons. The van der Waals surface area contributed by atoms with Crippen molar-refractivity contribution in [1.29, 1.82) is 0 Å². The molecule has 0 spiro atoms. The van der Waals surface area contributed by atoms with Crippen molar-refractivity contribution in [2.45, 2.75) is 26.4 Å². The molecule has 1 heterocycles. The maximum absolute atomic E-state index is 12.3. The minimum absolute atomic E-state index is 0.0754. The summed E-state index contributed by atoms with van der Waals surface area (Å²) >= 11 is 0. The molecule has 0 saturated carbocycles. The Hall–Kier alpha value is -3.13. The van der Waals surface area contributed by atoms with Gasteiger partial charge in [0, 0.05) is 5.92 Å². The first-order valence-corrected chi connectivity index (χ1v) is 11.7. The van der Waals surface area contributed by atoms with Crippen molar-refractivity contribution in [3.63, 3.8) is 0 Å². The van der Waals surface area contributed by atoms with Gasteiger partial charge in [-0.05, 0) is 47.7 Å². The van der Waals surface area contributed by atoms with Crippen molar-refractivity contribution in [3.05, 3.63) is 41.5 Å². The molecule has 0 aromatic heterocycles. The van der Waals surface area contributed by atoms with E-state index in [-0.39, 0.29) is 36.4 Å². The molecule has 2 aromatic rings. The Balaban J connectivity index is 1.93. The summed E-state index contributed by atoms with van der Waals surface area (Å²) in [4.78, 5) is 12.3. The van der Waals surface area contributed by atoms with Gasteiger partial charge in [-0.2, -0.15) is 0 Å². The average molecular weight is 489 g/mol. The Kier molecular flexibility index (Phi) is 9.09. The summed E-state index contributed by atoms with van der Waals surface area (Å²) in [6, 6.07) is 9.67. The Labute approximate surface area is 207 Å². The highest BCUT2D eigenvalue weighted by Crippen LogP contribution is 2.46. The lowest BCUT2D eigenvalue weighted by Crippen LogP contribution is -2.25. The van der Waals surface area contributed by atoms with E-state index in [9.17, 15) is 4.79 Å². The maximum atomic E-state index is 12.3. The van der Waals surface area contributed by atoms with Crippen LogP contribution in [-0.2, 0) is 20.7 Å². The van der Waals surface area contributed by atoms with Gasteiger partial charge in [0.1, 0.15) is 0 Å². The Morgan fingerprint density at radius 3 is 2.06 bits per heavy atom. The fraction of sp³-hybridized carbons (Fsp3) is 0.519. The first-order chi connectivity index (χ1) is 16.9. The van der Waals surface area contributed by atoms with Crippen LogP contribution in [-0.4, -0.2) is 54.7 Å². The molecular formula is C27H36O8. The van der Waals surface area contributed by atoms with Crippen molar-refractivity contribution in [2.24, 2.45) is 17.8 Å². The van der Waals surface area contributed by atoms with Gasteiger partial charge >= 0.3 is 5.97 Å². The normalized spacial score (nSPS) is 19.4. The first kappa shape index (κ1) is 26.5. The summed E-state index contributed by atoms with van der Waals surface area (Å²) in [7, 11) is 7.97. The third-order valence-electron chi connectivity index (χ3n) is 6.34. The molecule has 8 heteroatoms. The third kappa shape index (κ3) is 5.93. The first-order valence-electron chi connectivity index (χ1n) is 11.7. The lowest BCUT2D eigenvalue weighted by atomic mass is 9.84. The van der Waals surface area contributed by atoms with Crippen molar-refractivity contribution in [3.8, 4) is 28.7 Å². The van der Waals surface area contributed by atoms with Gasteiger partial charge in [-0.3, -0.25) is 4.79 Å². The highest BCUT2D eigenvalue weighted by molar-refractivity contribution is 5.71. The molecule has 35 heavy (non-hydrogen) atoms. The summed E-state index contributed by atoms with van der Waals surface area (Å²) in [5, 5.41) is 0. The minimum atomic E-state index is -0.311. The summed E-state index contributed by atoms with van der Waals surface area (Å²) < 4.78 is 39.4. The van der Waals surface area contributed by atoms with E-state index < -0.39 is 0 Å². The van der Waals surface area contributed by atoms with Crippen molar-refractivity contribution < 1.29 is 38.0 Å². The predicted molar refractivity (Wildman–Crippen MR) is 131 cm³/mol. The van der Waals surface area contributed by atoms with Gasteiger partial charge < -0.3 is 33.2 Å². The van der Waals surface area contributed by atoms with Gasteiger partial charge in [0.05, 0.1) is 60.8 Å². The van der Waals surface area contributed by atoms with E-state index >= 15 is 0 Å². The monoisotopic (exact) mass is 488 g/mol. The fourth-order valence-corrected chi connectivity index (χ4v) is 4.42. The van der Waals surface area contributed by atoms with E-state index in [2.05, 4.69) is 0 Å². The van der Waals surface area contributed by atoms with E-state index in [1.807, 2.05) is 44.2 Å². The molecule has 0 radical (unpaired) electrons. The van der Waals surface area contributed by atoms with Crippen LogP contribution < -0.4 is 23.7 Å². The number of hydrogen-bond acceptors (Lipinski definition) is 8. The second-order valence-corrected chi connectivity index (χ2v) is 8.81. The highest BCUT2D eigenvalue weighted by Gasteiger charge is 2.40. The van der Waals surface area contributed by atoms with Crippen LogP contribution in [0.3, 0.4) is 0 Å². The Morgan fingerprint density at radius 2 is 1.51 bits per heavy atom. The van der Waals surface area contributed by atoms with Crippen LogP contribution >= 0.6 is 0 Å². The van der Waals surface area contributed by atoms with E-state index in [0.29, 0.717) is 35.4 Å². The topological polar surface area (TPSA) is 81.7 Å². The molecule has 1 saturated heterocycles. The third-order valence-corrected chi connectivity index (χ3v) is 6.34. The number of ether oxygens (including phenoxy) is 7. The molecule has 0 amide bonds. The zero-order chi connectivity index (χ0) is 25.5. The van der Waals surface area contributed by atoms with Crippen molar-refractivity contribution in [1.82, 2.24) is 0 Å². The second-order valence-electron chi connectivity index (χ2n) is 8.81. The molecule has 1 fully saturated rings. The Morgan fingerprint density at radius 1 is 0.886 bits per heavy atom. The smallest absolute Gasteiger partial charge is 0.308 e. The summed E-state index contributed by atoms with van der Waals surface area (Å²) in [6.07, 6.45) is 0.416. The van der Waals surface area contributed by atoms with E-state index in [4.69, 9.17) is 33.2 Å². The maximum Gasteiger partial charge on any atom is 0.308 e. The zero-order valence-corrected chi connectivity index (χ0v) is 21.6. The molecule has 0 N–H and O–H groups in total. The van der Waals surface area contributed by atoms with Crippen LogP contribution in [0.2, 0.25) is 0 Å². The molecule has 0 aliphatic carbocycles. The highest BCUT2D eigenvalue weighted by atomic mass is 16.5. The van der Waals surface area contributed by atoms with Gasteiger partial charge in [-0.1, -0.05) is 19.9 Å². The van der Waals surface area contributed by atoms with E-state index in [1.54, 1.807) is 35.5 Å². The quantitative estimate of drug-likeness (QED) is 0.429. The van der Waals surface area contributed by atoms with E-state index in [1.165, 1.54) is 0 Å². The number of benzene rings is 2. The molecule has 8 nitrogen and oxygen atoms in total. The van der Waals surface area contributed by atoms with Crippen LogP contribution in [0.4, 0.5) is 0 Å². The van der Waals surface area contributed by atoms with Crippen molar-refractivity contribution >= 4 is 5.97 Å². The SMILES string of the molecule is COc1ccc(C[C@H]2COC(c3cc(OC)c(OC)c(OC)c3)[C@H]2COC(=O)C(C)C)cc1OC. The lowest BCUT2D eigenvalue weighted by Gasteiger charge is -2.25. The summed E-state index contributed by atoms with van der Waals surface area (Å²) in [5.74, 6) is 2.56. The summed E-state index contributed by atoms with van der Waals surface area (Å²) in [6.45, 7) is 4.41. The van der Waals surface area contributed by atoms with Crippen LogP contribution in [0.15, 0.2) is 30.3 Å². The van der Waals surface area contributed by atoms with Gasteiger partial charge in [-0.25, -0.2) is 0 Å². The van der Waals surface area contributed by atoms with Gasteiger partial charge in [-0.15, -0.1) is 0 Å². The number of esters is 1. The van der Waals surface area contributed by atoms with Crippen LogP contribution in [0.1, 0.15) is 31.1 Å². The van der Waals surface area contributed by atoms with Crippen LogP contribution in [0.25, 0.3) is 0 Å². The predicted octanol–water partition coefficient (Wildman–Crippen LogP) is 4.48. The fourth-order valence-electron chi connectivity index (χ4n) is 4.42. The van der Waals surface area contributed by atoms with E-state index in [0.717, 1.165) is 17.5 Å². The van der Waals surface area contributed by atoms with Crippen molar-refractivity contribution in [2.75, 3.05) is 48.8 Å². The van der Waals surface area contributed by atoms with Gasteiger partial charge in [0.25, 0.3) is 0 Å². The summed E-state index contributed by atoms with van der Waals surface area (Å²) in [5.41, 5.74) is 1.96. The molecule has 3 atom stereocenters. The van der Waals surface area contributed by atoms with Gasteiger partial charge in [0.15, 0.2) is 23.0 Å². The largest absolute Gasteiger partial charge is 0.493 e. The number of methoxy groups -OCH3 is 5. The number of carbonyl (C=O) groups is 1. The minimum Gasteiger partial charge on any atom is -0.493 e. The molecule has 1 unspecified atom stereocenters. The number of carbonyl (C=O) groups excluding carboxylic acids is 1. The number of rotatable bonds is 11. The molecule has 3 rings (SSSR count). The molecule has 1 aliphatic rings. The van der Waals surface area contributed by atoms with Crippen LogP contribution in [0, 0.1) is 17.8 Å². The second kappa shape index (κ2) is 12.0. The molecule has 1 aliphatic heterocycles. The number of hydrogen-bond donors (Lipinski definition) is 0. The molecule has 0 bridgehead atoms. The van der Waals surface area contributed by atoms with Crippen LogP contribution in [0.5, 0.6) is 28.7 Å². The molecular weight excluding hydrogens is 452 g/mol. The lowest BCUT2D eigenvalue weighted by molar-refractivity contribution is -0.149. The Bertz CT molecular complexity index is 978. The molecule has 2 aromatic carbocycles. The van der Waals surface area contributed by atoms with Gasteiger partial charge in [0.2, 0.25) is 5.75 Å².